The number of nitrogens with zero attached hydrogens (tertiary/aromatic N) is 2. The molecule has 1 aromatic heterocycles. The topological polar surface area (TPSA) is 60.7 Å². The van der Waals surface area contributed by atoms with Crippen molar-refractivity contribution >= 4 is 44.2 Å². The summed E-state index contributed by atoms with van der Waals surface area (Å²) < 4.78 is 7.59. The number of fused-ring (bicyclic) bond motifs is 3. The van der Waals surface area contributed by atoms with Gasteiger partial charge in [0.05, 0.1) is 17.3 Å². The number of carbonyl (C=O) groups excluding carboxylic acids is 2. The van der Waals surface area contributed by atoms with E-state index in [0.29, 0.717) is 10.4 Å². The summed E-state index contributed by atoms with van der Waals surface area (Å²) >= 11 is 1.41. The number of carbonyl (C=O) groups is 2. The second-order valence-corrected chi connectivity index (χ2v) is 7.89. The summed E-state index contributed by atoms with van der Waals surface area (Å²) in [6, 6.07) is 17.7. The number of ether oxygens (including phenoxy) is 1. The van der Waals surface area contributed by atoms with Crippen LogP contribution in [0, 0.1) is 13.8 Å². The molecule has 29 heavy (non-hydrogen) atoms. The Morgan fingerprint density at radius 3 is 2.66 bits per heavy atom. The first-order valence-corrected chi connectivity index (χ1v) is 10.0. The van der Waals surface area contributed by atoms with Gasteiger partial charge in [0.2, 0.25) is 0 Å². The number of aryl methyl sites for hydroxylation is 2. The molecule has 0 N–H and O–H groups in total. The van der Waals surface area contributed by atoms with E-state index in [2.05, 4.69) is 4.99 Å². The lowest BCUT2D eigenvalue weighted by molar-refractivity contribution is -0.141. The van der Waals surface area contributed by atoms with Crippen LogP contribution in [-0.2, 0) is 16.1 Å². The van der Waals surface area contributed by atoms with Gasteiger partial charge in [-0.1, -0.05) is 59.4 Å². The Hall–Kier alpha value is -3.25. The molecule has 0 aliphatic carbocycles. The van der Waals surface area contributed by atoms with Crippen molar-refractivity contribution in [3.8, 4) is 0 Å². The lowest BCUT2D eigenvalue weighted by Gasteiger charge is -2.05. The molecule has 146 valence electrons. The van der Waals surface area contributed by atoms with Gasteiger partial charge in [0.1, 0.15) is 6.54 Å². The average Bonchev–Trinajstić information content (AvgIpc) is 3.07. The van der Waals surface area contributed by atoms with Crippen molar-refractivity contribution in [2.45, 2.75) is 20.4 Å². The van der Waals surface area contributed by atoms with E-state index in [1.54, 1.807) is 4.57 Å². The fourth-order valence-electron chi connectivity index (χ4n) is 3.34. The lowest BCUT2D eigenvalue weighted by Crippen LogP contribution is -2.22. The van der Waals surface area contributed by atoms with Crippen molar-refractivity contribution in [1.29, 1.82) is 0 Å². The average molecular weight is 404 g/mol. The zero-order valence-electron chi connectivity index (χ0n) is 16.4. The van der Waals surface area contributed by atoms with Gasteiger partial charge in [0.25, 0.3) is 5.91 Å². The summed E-state index contributed by atoms with van der Waals surface area (Å²) in [5, 5.41) is 2.16. The molecule has 4 rings (SSSR count). The van der Waals surface area contributed by atoms with Crippen LogP contribution in [0.15, 0.2) is 59.6 Å². The zero-order chi connectivity index (χ0) is 20.5. The fraction of sp³-hybridized carbons (Fsp3) is 0.174. The number of benzene rings is 3. The third-order valence-electron chi connectivity index (χ3n) is 4.91. The van der Waals surface area contributed by atoms with E-state index in [-0.39, 0.29) is 12.5 Å². The van der Waals surface area contributed by atoms with E-state index in [4.69, 9.17) is 4.74 Å². The van der Waals surface area contributed by atoms with Crippen molar-refractivity contribution in [3.63, 3.8) is 0 Å². The molecule has 0 bridgehead atoms. The minimum Gasteiger partial charge on any atom is -0.468 e. The Morgan fingerprint density at radius 1 is 1.07 bits per heavy atom. The molecule has 0 saturated heterocycles. The van der Waals surface area contributed by atoms with Gasteiger partial charge in [-0.2, -0.15) is 4.99 Å². The van der Waals surface area contributed by atoms with E-state index < -0.39 is 5.97 Å². The zero-order valence-corrected chi connectivity index (χ0v) is 17.2. The molecule has 0 aliphatic heterocycles. The summed E-state index contributed by atoms with van der Waals surface area (Å²) in [7, 11) is 1.35. The van der Waals surface area contributed by atoms with Crippen molar-refractivity contribution in [3.05, 3.63) is 76.1 Å². The number of rotatable bonds is 3. The largest absolute Gasteiger partial charge is 0.468 e. The van der Waals surface area contributed by atoms with E-state index in [1.807, 2.05) is 68.4 Å². The van der Waals surface area contributed by atoms with Gasteiger partial charge in [-0.15, -0.1) is 0 Å². The predicted octanol–water partition coefficient (Wildman–Crippen LogP) is 4.39. The summed E-state index contributed by atoms with van der Waals surface area (Å²) in [4.78, 5) is 29.9. The first-order chi connectivity index (χ1) is 14.0. The van der Waals surface area contributed by atoms with Crippen LogP contribution < -0.4 is 4.80 Å². The molecule has 4 aromatic rings. The van der Waals surface area contributed by atoms with Crippen molar-refractivity contribution < 1.29 is 14.3 Å². The van der Waals surface area contributed by atoms with Crippen LogP contribution in [0.4, 0.5) is 0 Å². The maximum absolute atomic E-state index is 12.9. The summed E-state index contributed by atoms with van der Waals surface area (Å²) in [5.41, 5.74) is 3.29. The first-order valence-electron chi connectivity index (χ1n) is 9.22. The van der Waals surface area contributed by atoms with Crippen LogP contribution in [0.1, 0.15) is 21.5 Å². The van der Waals surface area contributed by atoms with E-state index in [1.165, 1.54) is 18.4 Å². The van der Waals surface area contributed by atoms with Crippen LogP contribution in [-0.4, -0.2) is 23.6 Å². The summed E-state index contributed by atoms with van der Waals surface area (Å²) in [6.07, 6.45) is 0. The molecule has 1 amide bonds. The maximum Gasteiger partial charge on any atom is 0.325 e. The third-order valence-corrected chi connectivity index (χ3v) is 6.04. The van der Waals surface area contributed by atoms with Gasteiger partial charge in [-0.25, -0.2) is 0 Å². The number of esters is 1. The predicted molar refractivity (Wildman–Crippen MR) is 115 cm³/mol. The Kier molecular flexibility index (Phi) is 5.03. The van der Waals surface area contributed by atoms with Crippen molar-refractivity contribution in [2.24, 2.45) is 4.99 Å². The van der Waals surface area contributed by atoms with E-state index >= 15 is 0 Å². The molecule has 0 aliphatic rings. The number of methoxy groups -OCH3 is 1. The third kappa shape index (κ3) is 3.59. The van der Waals surface area contributed by atoms with Crippen molar-refractivity contribution in [1.82, 2.24) is 4.57 Å². The molecule has 0 saturated carbocycles. The van der Waals surface area contributed by atoms with Crippen LogP contribution in [0.3, 0.4) is 0 Å². The Morgan fingerprint density at radius 2 is 1.86 bits per heavy atom. The Labute approximate surface area is 171 Å². The standard InChI is InChI=1S/C23H20N2O3S/c1-14-8-9-15(2)18(12-14)22(27)24-23-25(13-20(26)28-3)19-11-10-16-6-4-5-7-17(16)21(19)29-23/h4-12H,13H2,1-3H3. The number of aromatic nitrogens is 1. The number of amides is 1. The molecule has 0 unspecified atom stereocenters. The van der Waals surface area contributed by atoms with Crippen LogP contribution >= 0.6 is 11.3 Å². The van der Waals surface area contributed by atoms with Gasteiger partial charge in [0.15, 0.2) is 4.80 Å². The van der Waals surface area contributed by atoms with Crippen LogP contribution in [0.25, 0.3) is 21.0 Å². The number of hydrogen-bond donors (Lipinski definition) is 0. The lowest BCUT2D eigenvalue weighted by atomic mass is 10.1. The van der Waals surface area contributed by atoms with Gasteiger partial charge in [-0.05, 0) is 36.9 Å². The molecule has 5 nitrogen and oxygen atoms in total. The summed E-state index contributed by atoms with van der Waals surface area (Å²) in [6.45, 7) is 3.83. The monoisotopic (exact) mass is 404 g/mol. The van der Waals surface area contributed by atoms with E-state index in [0.717, 1.165) is 32.1 Å². The molecule has 0 spiro atoms. The normalized spacial score (nSPS) is 11.9. The quantitative estimate of drug-likeness (QED) is 0.476. The first kappa shape index (κ1) is 19.1. The molecular weight excluding hydrogens is 384 g/mol. The highest BCUT2D eigenvalue weighted by Gasteiger charge is 2.15. The molecule has 6 heteroatoms. The van der Waals surface area contributed by atoms with Crippen molar-refractivity contribution in [2.75, 3.05) is 7.11 Å². The van der Waals surface area contributed by atoms with Crippen LogP contribution in [0.2, 0.25) is 0 Å². The smallest absolute Gasteiger partial charge is 0.325 e. The molecular formula is C23H20N2O3S. The molecule has 0 radical (unpaired) electrons. The minimum atomic E-state index is -0.390. The van der Waals surface area contributed by atoms with Crippen LogP contribution in [0.5, 0.6) is 0 Å². The van der Waals surface area contributed by atoms with Gasteiger partial charge >= 0.3 is 5.97 Å². The molecule has 0 fully saturated rings. The van der Waals surface area contributed by atoms with Gasteiger partial charge < -0.3 is 9.30 Å². The highest BCUT2D eigenvalue weighted by molar-refractivity contribution is 7.17. The second-order valence-electron chi connectivity index (χ2n) is 6.92. The van der Waals surface area contributed by atoms with E-state index in [9.17, 15) is 9.59 Å². The Bertz CT molecular complexity index is 1330. The number of hydrogen-bond acceptors (Lipinski definition) is 4. The fourth-order valence-corrected chi connectivity index (χ4v) is 4.51. The Balaban J connectivity index is 1.96. The maximum atomic E-state index is 12.9. The SMILES string of the molecule is COC(=O)Cn1c(=NC(=O)c2cc(C)ccc2C)sc2c3ccccc3ccc21. The second kappa shape index (κ2) is 7.64. The molecule has 3 aromatic carbocycles. The highest BCUT2D eigenvalue weighted by atomic mass is 32.1. The van der Waals surface area contributed by atoms with Gasteiger partial charge in [-0.3, -0.25) is 9.59 Å². The summed E-state index contributed by atoms with van der Waals surface area (Å²) in [5.74, 6) is -0.709. The highest BCUT2D eigenvalue weighted by Crippen LogP contribution is 2.27. The molecule has 0 atom stereocenters. The molecule has 1 heterocycles. The number of thiazole rings is 1. The van der Waals surface area contributed by atoms with Gasteiger partial charge in [0, 0.05) is 10.9 Å². The minimum absolute atomic E-state index is 0.00620.